The fourth-order valence-corrected chi connectivity index (χ4v) is 5.11. The van der Waals surface area contributed by atoms with Gasteiger partial charge in [0.05, 0.1) is 24.3 Å². The zero-order valence-corrected chi connectivity index (χ0v) is 19.2. The molecule has 2 fully saturated rings. The van der Waals surface area contributed by atoms with Crippen LogP contribution in [0, 0.1) is 0 Å². The number of halogens is 1. The van der Waals surface area contributed by atoms with Crippen molar-refractivity contribution in [3.63, 3.8) is 0 Å². The van der Waals surface area contributed by atoms with Gasteiger partial charge in [0.2, 0.25) is 0 Å². The third-order valence-corrected chi connectivity index (χ3v) is 7.32. The topological polar surface area (TPSA) is 70.7 Å². The molecule has 0 bridgehead atoms. The molecule has 2 unspecified atom stereocenters. The van der Waals surface area contributed by atoms with Gasteiger partial charge in [0.1, 0.15) is 6.04 Å². The maximum atomic E-state index is 13.4. The van der Waals surface area contributed by atoms with Gasteiger partial charge in [-0.2, -0.15) is 0 Å². The fraction of sp³-hybridized carbons (Fsp3) is 0.200. The molecule has 0 radical (unpaired) electrons. The summed E-state index contributed by atoms with van der Waals surface area (Å²) in [5, 5.41) is 4.47. The maximum Gasteiger partial charge on any atom is 0.265 e. The minimum atomic E-state index is -0.907. The number of rotatable bonds is 7. The van der Waals surface area contributed by atoms with Gasteiger partial charge in [0.15, 0.2) is 5.25 Å². The minimum absolute atomic E-state index is 0.299. The molecular weight excluding hydrogens is 458 g/mol. The zero-order valence-electron chi connectivity index (χ0n) is 17.6. The molecular formula is C25H22ClN3O3S. The van der Waals surface area contributed by atoms with E-state index in [2.05, 4.69) is 10.7 Å². The molecule has 0 aromatic heterocycles. The van der Waals surface area contributed by atoms with Crippen LogP contribution in [-0.4, -0.2) is 41.3 Å². The SMILES string of the molecule is O=C1NN(C(c2ccccc2)c2ccc(NC3COC3)cc2)C(=O)C1Sc1ccccc1Cl. The Labute approximate surface area is 201 Å². The minimum Gasteiger partial charge on any atom is -0.378 e. The molecule has 2 heterocycles. The normalized spacial score (nSPS) is 19.2. The van der Waals surface area contributed by atoms with E-state index >= 15 is 0 Å². The maximum absolute atomic E-state index is 13.4. The molecule has 2 saturated heterocycles. The molecule has 168 valence electrons. The number of anilines is 1. The van der Waals surface area contributed by atoms with Crippen LogP contribution in [0.15, 0.2) is 83.8 Å². The summed E-state index contributed by atoms with van der Waals surface area (Å²) in [6.45, 7) is 1.40. The van der Waals surface area contributed by atoms with Crippen LogP contribution in [0.4, 0.5) is 5.69 Å². The highest BCUT2D eigenvalue weighted by Crippen LogP contribution is 2.37. The molecule has 5 rings (SSSR count). The van der Waals surface area contributed by atoms with Crippen molar-refractivity contribution in [3.05, 3.63) is 95.0 Å². The quantitative estimate of drug-likeness (QED) is 0.495. The summed E-state index contributed by atoms with van der Waals surface area (Å²) < 4.78 is 5.22. The van der Waals surface area contributed by atoms with Gasteiger partial charge < -0.3 is 10.1 Å². The predicted octanol–water partition coefficient (Wildman–Crippen LogP) is 4.27. The van der Waals surface area contributed by atoms with Crippen molar-refractivity contribution in [2.75, 3.05) is 18.5 Å². The van der Waals surface area contributed by atoms with Crippen LogP contribution < -0.4 is 10.7 Å². The van der Waals surface area contributed by atoms with E-state index < -0.39 is 11.3 Å². The third-order valence-electron chi connectivity index (χ3n) is 5.62. The van der Waals surface area contributed by atoms with Crippen molar-refractivity contribution in [2.45, 2.75) is 22.2 Å². The van der Waals surface area contributed by atoms with Crippen molar-refractivity contribution in [2.24, 2.45) is 0 Å². The standard InChI is InChI=1S/C25H22ClN3O3S/c26-20-8-4-5-9-21(20)33-23-24(30)28-29(25(23)31)22(16-6-2-1-3-7-16)17-10-12-18(13-11-17)27-19-14-32-15-19/h1-13,19,22-23,27H,14-15H2,(H,28,30). The number of thioether (sulfide) groups is 1. The van der Waals surface area contributed by atoms with Gasteiger partial charge in [-0.3, -0.25) is 15.0 Å². The lowest BCUT2D eigenvalue weighted by Gasteiger charge is -2.29. The van der Waals surface area contributed by atoms with Gasteiger partial charge >= 0.3 is 0 Å². The van der Waals surface area contributed by atoms with Crippen LogP contribution in [0.3, 0.4) is 0 Å². The summed E-state index contributed by atoms with van der Waals surface area (Å²) in [5.41, 5.74) is 5.60. The number of nitrogens with zero attached hydrogens (tertiary/aromatic N) is 1. The van der Waals surface area contributed by atoms with Crippen LogP contribution in [0.5, 0.6) is 0 Å². The van der Waals surface area contributed by atoms with Crippen molar-refractivity contribution in [1.82, 2.24) is 10.4 Å². The number of benzene rings is 3. The number of carbonyl (C=O) groups is 2. The van der Waals surface area contributed by atoms with E-state index in [4.69, 9.17) is 16.3 Å². The molecule has 2 atom stereocenters. The Morgan fingerprint density at radius 1 is 0.939 bits per heavy atom. The van der Waals surface area contributed by atoms with E-state index in [9.17, 15) is 9.59 Å². The molecule has 6 nitrogen and oxygen atoms in total. The molecule has 2 amide bonds. The van der Waals surface area contributed by atoms with E-state index in [1.165, 1.54) is 16.8 Å². The lowest BCUT2D eigenvalue weighted by Crippen LogP contribution is -2.40. The van der Waals surface area contributed by atoms with Crippen LogP contribution in [0.1, 0.15) is 17.2 Å². The number of carbonyl (C=O) groups excluding carboxylic acids is 2. The summed E-state index contributed by atoms with van der Waals surface area (Å²) in [6.07, 6.45) is 0. The molecule has 33 heavy (non-hydrogen) atoms. The van der Waals surface area contributed by atoms with E-state index in [1.54, 1.807) is 6.07 Å². The molecule has 0 aliphatic carbocycles. The molecule has 2 N–H and O–H groups in total. The molecule has 2 aliphatic rings. The average molecular weight is 480 g/mol. The van der Waals surface area contributed by atoms with Gasteiger partial charge in [0.25, 0.3) is 11.8 Å². The number of hydrazine groups is 1. The molecule has 2 aliphatic heterocycles. The second-order valence-corrected chi connectivity index (χ2v) is 9.48. The Hall–Kier alpha value is -3.00. The first-order chi connectivity index (χ1) is 16.1. The van der Waals surface area contributed by atoms with Gasteiger partial charge in [-0.1, -0.05) is 66.2 Å². The average Bonchev–Trinajstić information content (AvgIpc) is 3.08. The summed E-state index contributed by atoms with van der Waals surface area (Å²) in [4.78, 5) is 27.0. The van der Waals surface area contributed by atoms with Crippen molar-refractivity contribution < 1.29 is 14.3 Å². The van der Waals surface area contributed by atoms with Crippen LogP contribution in [-0.2, 0) is 14.3 Å². The van der Waals surface area contributed by atoms with Gasteiger partial charge in [-0.25, -0.2) is 5.01 Å². The second-order valence-electron chi connectivity index (χ2n) is 7.93. The van der Waals surface area contributed by atoms with Crippen molar-refractivity contribution in [1.29, 1.82) is 0 Å². The van der Waals surface area contributed by atoms with Crippen molar-refractivity contribution >= 4 is 40.9 Å². The Morgan fingerprint density at radius 2 is 1.61 bits per heavy atom. The number of hydrogen-bond acceptors (Lipinski definition) is 5. The summed E-state index contributed by atoms with van der Waals surface area (Å²) in [5.74, 6) is -0.651. The van der Waals surface area contributed by atoms with E-state index in [1.807, 2.05) is 72.8 Å². The Bertz CT molecular complexity index is 1160. The van der Waals surface area contributed by atoms with Crippen LogP contribution in [0.25, 0.3) is 0 Å². The summed E-state index contributed by atoms with van der Waals surface area (Å²) in [7, 11) is 0. The van der Waals surface area contributed by atoms with E-state index in [0.717, 1.165) is 16.8 Å². The highest BCUT2D eigenvalue weighted by Gasteiger charge is 2.44. The summed E-state index contributed by atoms with van der Waals surface area (Å²) >= 11 is 7.43. The van der Waals surface area contributed by atoms with Gasteiger partial charge in [-0.15, -0.1) is 11.8 Å². The Morgan fingerprint density at radius 3 is 2.27 bits per heavy atom. The largest absolute Gasteiger partial charge is 0.378 e. The van der Waals surface area contributed by atoms with Crippen LogP contribution >= 0.6 is 23.4 Å². The lowest BCUT2D eigenvalue weighted by molar-refractivity contribution is -0.131. The second kappa shape index (κ2) is 9.47. The first-order valence-corrected chi connectivity index (χ1v) is 11.9. The smallest absolute Gasteiger partial charge is 0.265 e. The molecule has 3 aromatic rings. The van der Waals surface area contributed by atoms with E-state index in [0.29, 0.717) is 29.2 Å². The van der Waals surface area contributed by atoms with E-state index in [-0.39, 0.29) is 11.8 Å². The number of ether oxygens (including phenoxy) is 1. The monoisotopic (exact) mass is 479 g/mol. The Kier molecular flexibility index (Phi) is 6.26. The molecule has 8 heteroatoms. The highest BCUT2D eigenvalue weighted by molar-refractivity contribution is 8.01. The third kappa shape index (κ3) is 4.57. The van der Waals surface area contributed by atoms with Gasteiger partial charge in [-0.05, 0) is 35.4 Å². The predicted molar refractivity (Wildman–Crippen MR) is 129 cm³/mol. The number of amides is 2. The molecule has 3 aromatic carbocycles. The summed E-state index contributed by atoms with van der Waals surface area (Å²) in [6, 6.07) is 24.7. The van der Waals surface area contributed by atoms with Crippen LogP contribution in [0.2, 0.25) is 5.02 Å². The first kappa shape index (κ1) is 21.8. The molecule has 0 spiro atoms. The highest BCUT2D eigenvalue weighted by atomic mass is 35.5. The lowest BCUT2D eigenvalue weighted by atomic mass is 9.97. The van der Waals surface area contributed by atoms with Gasteiger partial charge in [0, 0.05) is 10.6 Å². The fourth-order valence-electron chi connectivity index (χ4n) is 3.88. The number of hydrogen-bond donors (Lipinski definition) is 2. The Balaban J connectivity index is 1.43. The first-order valence-electron chi connectivity index (χ1n) is 10.6. The van der Waals surface area contributed by atoms with Crippen molar-refractivity contribution in [3.8, 4) is 0 Å². The zero-order chi connectivity index (χ0) is 22.8. The number of nitrogens with one attached hydrogen (secondary N) is 2. The molecule has 0 saturated carbocycles.